The van der Waals surface area contributed by atoms with Gasteiger partial charge < -0.3 is 15.4 Å². The molecule has 7 nitrogen and oxygen atoms in total. The predicted octanol–water partition coefficient (Wildman–Crippen LogP) is 2.23. The van der Waals surface area contributed by atoms with Gasteiger partial charge in [-0.2, -0.15) is 0 Å². The number of likely N-dealkylation sites (N-methyl/N-ethyl adjacent to an activating group) is 1. The highest BCUT2D eigenvalue weighted by Gasteiger charge is 2.44. The van der Waals surface area contributed by atoms with Crippen LogP contribution in [0.4, 0.5) is 0 Å². The molecule has 2 fully saturated rings. The van der Waals surface area contributed by atoms with E-state index in [1.165, 1.54) is 4.88 Å². The molecule has 0 spiro atoms. The van der Waals surface area contributed by atoms with Crippen LogP contribution >= 0.6 is 11.3 Å². The quantitative estimate of drug-likeness (QED) is 0.637. The molecule has 1 aromatic heterocycles. The van der Waals surface area contributed by atoms with Crippen molar-refractivity contribution < 1.29 is 14.3 Å². The van der Waals surface area contributed by atoms with Gasteiger partial charge in [0.15, 0.2) is 0 Å². The molecule has 4 rings (SSSR count). The summed E-state index contributed by atoms with van der Waals surface area (Å²) >= 11 is 1.74. The SMILES string of the molecule is COc1ccc(CNC(=O)CCC2CNC(=O)C3C(CCN3Cc3cccs3)N2C)cc1. The molecule has 2 aromatic rings. The summed E-state index contributed by atoms with van der Waals surface area (Å²) in [6.45, 7) is 2.82. The van der Waals surface area contributed by atoms with Crippen molar-refractivity contribution in [2.75, 3.05) is 27.2 Å². The number of nitrogens with zero attached hydrogens (tertiary/aromatic N) is 2. The summed E-state index contributed by atoms with van der Waals surface area (Å²) in [7, 11) is 3.74. The average Bonchev–Trinajstić information content (AvgIpc) is 3.45. The van der Waals surface area contributed by atoms with Gasteiger partial charge in [0.2, 0.25) is 11.8 Å². The van der Waals surface area contributed by atoms with E-state index in [0.717, 1.165) is 37.2 Å². The lowest BCUT2D eigenvalue weighted by Gasteiger charge is -2.33. The van der Waals surface area contributed by atoms with Crippen LogP contribution in [0.15, 0.2) is 41.8 Å². The van der Waals surface area contributed by atoms with E-state index in [1.807, 2.05) is 24.3 Å². The van der Waals surface area contributed by atoms with Gasteiger partial charge >= 0.3 is 0 Å². The van der Waals surface area contributed by atoms with Crippen LogP contribution in [0.5, 0.6) is 5.75 Å². The predicted molar refractivity (Wildman–Crippen MR) is 126 cm³/mol. The molecule has 2 N–H and O–H groups in total. The average molecular weight is 457 g/mol. The van der Waals surface area contributed by atoms with Gasteiger partial charge in [-0.3, -0.25) is 19.4 Å². The highest BCUT2D eigenvalue weighted by Crippen LogP contribution is 2.29. The zero-order chi connectivity index (χ0) is 22.5. The number of hydrogen-bond acceptors (Lipinski definition) is 6. The zero-order valence-corrected chi connectivity index (χ0v) is 19.6. The van der Waals surface area contributed by atoms with Gasteiger partial charge in [-0.15, -0.1) is 11.3 Å². The van der Waals surface area contributed by atoms with E-state index in [-0.39, 0.29) is 29.9 Å². The fraction of sp³-hybridized carbons (Fsp3) is 0.500. The smallest absolute Gasteiger partial charge is 0.239 e. The van der Waals surface area contributed by atoms with E-state index in [0.29, 0.717) is 19.5 Å². The van der Waals surface area contributed by atoms with Gasteiger partial charge in [0.25, 0.3) is 0 Å². The second-order valence-corrected chi connectivity index (χ2v) is 9.61. The Morgan fingerprint density at radius 1 is 1.28 bits per heavy atom. The number of rotatable bonds is 8. The maximum absolute atomic E-state index is 12.9. The van der Waals surface area contributed by atoms with E-state index in [2.05, 4.69) is 45.0 Å². The third-order valence-electron chi connectivity index (χ3n) is 6.64. The molecule has 0 radical (unpaired) electrons. The molecule has 3 atom stereocenters. The summed E-state index contributed by atoms with van der Waals surface area (Å²) in [6.07, 6.45) is 2.14. The Kier molecular flexibility index (Phi) is 7.44. The number of fused-ring (bicyclic) bond motifs is 1. The van der Waals surface area contributed by atoms with Crippen molar-refractivity contribution >= 4 is 23.2 Å². The van der Waals surface area contributed by atoms with Crippen LogP contribution in [0.3, 0.4) is 0 Å². The normalized spacial score (nSPS) is 23.9. The number of carbonyl (C=O) groups is 2. The van der Waals surface area contributed by atoms with Crippen molar-refractivity contribution in [3.8, 4) is 5.75 Å². The summed E-state index contributed by atoms with van der Waals surface area (Å²) < 4.78 is 5.17. The maximum Gasteiger partial charge on any atom is 0.239 e. The van der Waals surface area contributed by atoms with Crippen LogP contribution in [0, 0.1) is 0 Å². The number of amides is 2. The van der Waals surface area contributed by atoms with Crippen LogP contribution in [-0.2, 0) is 22.7 Å². The lowest BCUT2D eigenvalue weighted by Crippen LogP contribution is -2.49. The van der Waals surface area contributed by atoms with Gasteiger partial charge in [0.1, 0.15) is 11.8 Å². The fourth-order valence-corrected chi connectivity index (χ4v) is 5.49. The molecule has 1 aromatic carbocycles. The molecule has 172 valence electrons. The van der Waals surface area contributed by atoms with E-state index in [1.54, 1.807) is 18.4 Å². The van der Waals surface area contributed by atoms with E-state index in [9.17, 15) is 9.59 Å². The molecule has 2 aliphatic rings. The third kappa shape index (κ3) is 5.31. The van der Waals surface area contributed by atoms with Gasteiger partial charge in [-0.25, -0.2) is 0 Å². The Labute approximate surface area is 193 Å². The number of likely N-dealkylation sites (tertiary alicyclic amines) is 1. The summed E-state index contributed by atoms with van der Waals surface area (Å²) in [4.78, 5) is 31.3. The molecule has 3 unspecified atom stereocenters. The van der Waals surface area contributed by atoms with Gasteiger partial charge in [0.05, 0.1) is 7.11 Å². The molecule has 3 heterocycles. The third-order valence-corrected chi connectivity index (χ3v) is 7.50. The number of hydrogen-bond donors (Lipinski definition) is 2. The minimum Gasteiger partial charge on any atom is -0.497 e. The summed E-state index contributed by atoms with van der Waals surface area (Å²) in [6, 6.07) is 12.1. The van der Waals surface area contributed by atoms with Gasteiger partial charge in [0, 0.05) is 49.6 Å². The molecule has 2 aliphatic heterocycles. The van der Waals surface area contributed by atoms with Crippen molar-refractivity contribution in [3.05, 3.63) is 52.2 Å². The van der Waals surface area contributed by atoms with Crippen LogP contribution in [0.1, 0.15) is 29.7 Å². The Balaban J connectivity index is 1.29. The zero-order valence-electron chi connectivity index (χ0n) is 18.8. The first-order chi connectivity index (χ1) is 15.5. The number of benzene rings is 1. The number of carbonyl (C=O) groups excluding carboxylic acids is 2. The molecular formula is C24H32N4O3S. The summed E-state index contributed by atoms with van der Waals surface area (Å²) in [5.41, 5.74) is 1.04. The molecule has 0 saturated carbocycles. The number of thiophene rings is 1. The fourth-order valence-electron chi connectivity index (χ4n) is 4.76. The van der Waals surface area contributed by atoms with Gasteiger partial charge in [-0.1, -0.05) is 18.2 Å². The summed E-state index contributed by atoms with van der Waals surface area (Å²) in [5, 5.41) is 8.22. The first-order valence-corrected chi connectivity index (χ1v) is 12.1. The minimum absolute atomic E-state index is 0.0343. The Morgan fingerprint density at radius 3 is 2.81 bits per heavy atom. The van der Waals surface area contributed by atoms with Crippen LogP contribution in [-0.4, -0.2) is 67.0 Å². The van der Waals surface area contributed by atoms with Crippen LogP contribution in [0.25, 0.3) is 0 Å². The molecule has 2 saturated heterocycles. The van der Waals surface area contributed by atoms with Crippen LogP contribution < -0.4 is 15.4 Å². The van der Waals surface area contributed by atoms with Crippen molar-refractivity contribution in [2.45, 2.75) is 50.5 Å². The topological polar surface area (TPSA) is 73.9 Å². The first kappa shape index (κ1) is 22.8. The standard InChI is InChI=1S/C24H32N4O3S/c1-27-18(7-10-22(29)25-14-17-5-8-19(31-2)9-6-17)15-26-24(30)23-21(27)11-12-28(23)16-20-4-3-13-32-20/h3-6,8-9,13,18,21,23H,7,10-12,14-16H2,1-2H3,(H,25,29)(H,26,30). The summed E-state index contributed by atoms with van der Waals surface area (Å²) in [5.74, 6) is 0.951. The van der Waals surface area contributed by atoms with Crippen LogP contribution in [0.2, 0.25) is 0 Å². The lowest BCUT2D eigenvalue weighted by atomic mass is 10.0. The Hall–Kier alpha value is -2.42. The second kappa shape index (κ2) is 10.5. The Bertz CT molecular complexity index is 902. The number of ether oxygens (including phenoxy) is 1. The first-order valence-electron chi connectivity index (χ1n) is 11.2. The minimum atomic E-state index is -0.129. The van der Waals surface area contributed by atoms with E-state index >= 15 is 0 Å². The largest absolute Gasteiger partial charge is 0.497 e. The maximum atomic E-state index is 12.9. The lowest BCUT2D eigenvalue weighted by molar-refractivity contribution is -0.126. The number of nitrogens with one attached hydrogen (secondary N) is 2. The molecule has 0 bridgehead atoms. The highest BCUT2D eigenvalue weighted by atomic mass is 32.1. The monoisotopic (exact) mass is 456 g/mol. The molecule has 0 aliphatic carbocycles. The van der Waals surface area contributed by atoms with E-state index in [4.69, 9.17) is 4.74 Å². The number of methoxy groups -OCH3 is 1. The molecule has 8 heteroatoms. The van der Waals surface area contributed by atoms with E-state index < -0.39 is 0 Å². The Morgan fingerprint density at radius 2 is 2.09 bits per heavy atom. The second-order valence-electron chi connectivity index (χ2n) is 8.58. The van der Waals surface area contributed by atoms with Crippen molar-refractivity contribution in [2.24, 2.45) is 0 Å². The van der Waals surface area contributed by atoms with Crippen molar-refractivity contribution in [1.29, 1.82) is 0 Å². The van der Waals surface area contributed by atoms with Crippen molar-refractivity contribution in [1.82, 2.24) is 20.4 Å². The molecule has 2 amide bonds. The molecular weight excluding hydrogens is 424 g/mol. The van der Waals surface area contributed by atoms with Crippen molar-refractivity contribution in [3.63, 3.8) is 0 Å². The molecule has 32 heavy (non-hydrogen) atoms. The highest BCUT2D eigenvalue weighted by molar-refractivity contribution is 7.09. The van der Waals surface area contributed by atoms with Gasteiger partial charge in [-0.05, 0) is 49.0 Å².